The van der Waals surface area contributed by atoms with E-state index in [0.29, 0.717) is 24.6 Å². The van der Waals surface area contributed by atoms with Gasteiger partial charge in [-0.3, -0.25) is 9.69 Å². The molecule has 1 amide bonds. The van der Waals surface area contributed by atoms with Crippen LogP contribution in [0.5, 0.6) is 0 Å². The maximum atomic E-state index is 12.9. The highest BCUT2D eigenvalue weighted by atomic mass is 32.2. The molecule has 3 rings (SSSR count). The molecular formula is C22H34N2O3S. The number of carbonyl (C=O) groups is 1. The first-order chi connectivity index (χ1) is 13.6. The molecule has 0 aromatic heterocycles. The molecule has 5 nitrogen and oxygen atoms in total. The van der Waals surface area contributed by atoms with E-state index in [-0.39, 0.29) is 5.91 Å². The minimum atomic E-state index is 0.0254. The molecule has 2 unspecified atom stereocenters. The molecule has 2 heterocycles. The molecule has 2 aliphatic rings. The molecule has 6 heteroatoms. The summed E-state index contributed by atoms with van der Waals surface area (Å²) in [5.74, 6) is 1.53. The Hall–Kier alpha value is -1.08. The SMILES string of the molecule is CC(C)CC(CNC(=O)c1ccccc1SCC1CCCO1)N1CCOCC1. The summed E-state index contributed by atoms with van der Waals surface area (Å²) in [7, 11) is 0. The van der Waals surface area contributed by atoms with Crippen LogP contribution in [0.3, 0.4) is 0 Å². The standard InChI is InChI=1S/C22H34N2O3S/c1-17(2)14-18(24-9-12-26-13-10-24)15-23-22(25)20-7-3-4-8-21(20)28-16-19-6-5-11-27-19/h3-4,7-8,17-19H,5-6,9-16H2,1-2H3,(H,23,25). The van der Waals surface area contributed by atoms with Gasteiger partial charge < -0.3 is 14.8 Å². The van der Waals surface area contributed by atoms with Crippen molar-refractivity contribution >= 4 is 17.7 Å². The zero-order valence-corrected chi connectivity index (χ0v) is 18.0. The second-order valence-electron chi connectivity index (χ2n) is 8.08. The van der Waals surface area contributed by atoms with Crippen LogP contribution >= 0.6 is 11.8 Å². The van der Waals surface area contributed by atoms with Gasteiger partial charge in [-0.05, 0) is 37.3 Å². The van der Waals surface area contributed by atoms with Crippen molar-refractivity contribution in [3.8, 4) is 0 Å². The topological polar surface area (TPSA) is 50.8 Å². The molecule has 2 saturated heterocycles. The Labute approximate surface area is 173 Å². The summed E-state index contributed by atoms with van der Waals surface area (Å²) < 4.78 is 11.2. The number of nitrogens with one attached hydrogen (secondary N) is 1. The van der Waals surface area contributed by atoms with E-state index in [1.165, 1.54) is 0 Å². The van der Waals surface area contributed by atoms with Crippen molar-refractivity contribution in [1.82, 2.24) is 10.2 Å². The Bertz CT molecular complexity index is 614. The lowest BCUT2D eigenvalue weighted by Gasteiger charge is -2.35. The molecule has 0 saturated carbocycles. The van der Waals surface area contributed by atoms with Gasteiger partial charge in [0.25, 0.3) is 5.91 Å². The first kappa shape index (κ1) is 21.6. The number of nitrogens with zero attached hydrogens (tertiary/aromatic N) is 1. The predicted octanol–water partition coefficient (Wildman–Crippen LogP) is 3.43. The van der Waals surface area contributed by atoms with Crippen LogP contribution < -0.4 is 5.32 Å². The largest absolute Gasteiger partial charge is 0.379 e. The fraction of sp³-hybridized carbons (Fsp3) is 0.682. The number of carbonyl (C=O) groups excluding carboxylic acids is 1. The molecule has 0 aliphatic carbocycles. The van der Waals surface area contributed by atoms with Crippen LogP contribution in [0.4, 0.5) is 0 Å². The van der Waals surface area contributed by atoms with E-state index in [2.05, 4.69) is 24.1 Å². The summed E-state index contributed by atoms with van der Waals surface area (Å²) in [6.45, 7) is 9.49. The van der Waals surface area contributed by atoms with Gasteiger partial charge in [-0.15, -0.1) is 11.8 Å². The number of hydrogen-bond acceptors (Lipinski definition) is 5. The molecule has 2 atom stereocenters. The summed E-state index contributed by atoms with van der Waals surface area (Å²) in [6, 6.07) is 8.28. The van der Waals surface area contributed by atoms with Gasteiger partial charge in [-0.25, -0.2) is 0 Å². The van der Waals surface area contributed by atoms with Crippen LogP contribution in [0.25, 0.3) is 0 Å². The van der Waals surface area contributed by atoms with Crippen LogP contribution in [0.15, 0.2) is 29.2 Å². The number of benzene rings is 1. The van der Waals surface area contributed by atoms with Gasteiger partial charge in [0, 0.05) is 42.9 Å². The van der Waals surface area contributed by atoms with E-state index in [1.807, 2.05) is 24.3 Å². The van der Waals surface area contributed by atoms with Crippen LogP contribution in [-0.2, 0) is 9.47 Å². The number of rotatable bonds is 9. The quantitative estimate of drug-likeness (QED) is 0.637. The Morgan fingerprint density at radius 3 is 2.75 bits per heavy atom. The molecule has 0 spiro atoms. The third kappa shape index (κ3) is 6.48. The van der Waals surface area contributed by atoms with Crippen LogP contribution in [0.1, 0.15) is 43.5 Å². The van der Waals surface area contributed by atoms with Crippen molar-refractivity contribution < 1.29 is 14.3 Å². The highest BCUT2D eigenvalue weighted by molar-refractivity contribution is 7.99. The molecule has 2 aliphatic heterocycles. The maximum Gasteiger partial charge on any atom is 0.252 e. The van der Waals surface area contributed by atoms with Gasteiger partial charge in [-0.2, -0.15) is 0 Å². The Kier molecular flexibility index (Phi) is 8.65. The minimum Gasteiger partial charge on any atom is -0.379 e. The normalized spacial score (nSPS) is 21.8. The summed E-state index contributed by atoms with van der Waals surface area (Å²) in [4.78, 5) is 16.4. The second kappa shape index (κ2) is 11.2. The van der Waals surface area contributed by atoms with Gasteiger partial charge in [0.15, 0.2) is 0 Å². The van der Waals surface area contributed by atoms with Crippen molar-refractivity contribution in [3.63, 3.8) is 0 Å². The summed E-state index contributed by atoms with van der Waals surface area (Å²) in [5.41, 5.74) is 0.774. The van der Waals surface area contributed by atoms with Crippen molar-refractivity contribution in [2.45, 2.75) is 50.2 Å². The average molecular weight is 407 g/mol. The lowest BCUT2D eigenvalue weighted by atomic mass is 10.0. The molecule has 1 N–H and O–H groups in total. The van der Waals surface area contributed by atoms with Gasteiger partial charge in [0.2, 0.25) is 0 Å². The highest BCUT2D eigenvalue weighted by Crippen LogP contribution is 2.27. The van der Waals surface area contributed by atoms with Gasteiger partial charge >= 0.3 is 0 Å². The molecule has 0 bridgehead atoms. The molecule has 1 aromatic rings. The fourth-order valence-electron chi connectivity index (χ4n) is 3.89. The van der Waals surface area contributed by atoms with E-state index in [9.17, 15) is 4.79 Å². The molecule has 0 radical (unpaired) electrons. The zero-order valence-electron chi connectivity index (χ0n) is 17.2. The molecule has 1 aromatic carbocycles. The fourth-order valence-corrected chi connectivity index (χ4v) is 5.01. The number of morpholine rings is 1. The van der Waals surface area contributed by atoms with Gasteiger partial charge in [-0.1, -0.05) is 26.0 Å². The second-order valence-corrected chi connectivity index (χ2v) is 9.15. The highest BCUT2D eigenvalue weighted by Gasteiger charge is 2.23. The molecule has 28 heavy (non-hydrogen) atoms. The molecule has 156 valence electrons. The average Bonchev–Trinajstić information content (AvgIpc) is 3.23. The van der Waals surface area contributed by atoms with Crippen molar-refractivity contribution in [3.05, 3.63) is 29.8 Å². The maximum absolute atomic E-state index is 12.9. The lowest BCUT2D eigenvalue weighted by Crippen LogP contribution is -2.49. The number of ether oxygens (including phenoxy) is 2. The van der Waals surface area contributed by atoms with Crippen LogP contribution in [0, 0.1) is 5.92 Å². The van der Waals surface area contributed by atoms with Gasteiger partial charge in [0.1, 0.15) is 0 Å². The lowest BCUT2D eigenvalue weighted by molar-refractivity contribution is 0.0124. The van der Waals surface area contributed by atoms with E-state index < -0.39 is 0 Å². The third-order valence-corrected chi connectivity index (χ3v) is 6.59. The first-order valence-electron chi connectivity index (χ1n) is 10.6. The van der Waals surface area contributed by atoms with E-state index in [0.717, 1.165) is 68.4 Å². The minimum absolute atomic E-state index is 0.0254. The number of hydrogen-bond donors (Lipinski definition) is 1. The van der Waals surface area contributed by atoms with Crippen molar-refractivity contribution in [1.29, 1.82) is 0 Å². The third-order valence-electron chi connectivity index (χ3n) is 5.38. The Balaban J connectivity index is 1.57. The predicted molar refractivity (Wildman–Crippen MR) is 114 cm³/mol. The van der Waals surface area contributed by atoms with E-state index >= 15 is 0 Å². The summed E-state index contributed by atoms with van der Waals surface area (Å²) in [6.07, 6.45) is 3.66. The smallest absolute Gasteiger partial charge is 0.252 e. The van der Waals surface area contributed by atoms with Gasteiger partial charge in [0.05, 0.1) is 24.9 Å². The number of amides is 1. The first-order valence-corrected chi connectivity index (χ1v) is 11.6. The van der Waals surface area contributed by atoms with Crippen LogP contribution in [0.2, 0.25) is 0 Å². The van der Waals surface area contributed by atoms with E-state index in [1.54, 1.807) is 11.8 Å². The summed E-state index contributed by atoms with van der Waals surface area (Å²) >= 11 is 1.73. The Morgan fingerprint density at radius 2 is 2.04 bits per heavy atom. The summed E-state index contributed by atoms with van der Waals surface area (Å²) in [5, 5.41) is 3.20. The van der Waals surface area contributed by atoms with Crippen molar-refractivity contribution in [2.75, 3.05) is 45.2 Å². The molecular weight excluding hydrogens is 372 g/mol. The monoisotopic (exact) mass is 406 g/mol. The molecule has 2 fully saturated rings. The Morgan fingerprint density at radius 1 is 1.25 bits per heavy atom. The van der Waals surface area contributed by atoms with Crippen LogP contribution in [-0.4, -0.2) is 68.2 Å². The zero-order chi connectivity index (χ0) is 19.8. The van der Waals surface area contributed by atoms with Crippen molar-refractivity contribution in [2.24, 2.45) is 5.92 Å². The van der Waals surface area contributed by atoms with E-state index in [4.69, 9.17) is 9.47 Å². The number of thioether (sulfide) groups is 1.